The maximum atomic E-state index is 12.2. The monoisotopic (exact) mass is 335 g/mol. The highest BCUT2D eigenvalue weighted by Crippen LogP contribution is 2.27. The minimum atomic E-state index is -0.410. The van der Waals surface area contributed by atoms with Gasteiger partial charge in [-0.3, -0.25) is 10.1 Å². The van der Waals surface area contributed by atoms with Crippen LogP contribution in [0.5, 0.6) is 0 Å². The lowest BCUT2D eigenvalue weighted by molar-refractivity contribution is 0.0990. The summed E-state index contributed by atoms with van der Waals surface area (Å²) in [5, 5.41) is 15.4. The molecule has 0 saturated carbocycles. The molecule has 0 aliphatic rings. The molecule has 3 aromatic rings. The van der Waals surface area contributed by atoms with Crippen LogP contribution >= 0.6 is 23.1 Å². The van der Waals surface area contributed by atoms with Gasteiger partial charge in [0.2, 0.25) is 16.5 Å². The second kappa shape index (κ2) is 6.41. The third-order valence-corrected chi connectivity index (χ3v) is 5.03. The third-order valence-electron chi connectivity index (χ3n) is 2.63. The van der Waals surface area contributed by atoms with Gasteiger partial charge in [-0.15, -0.1) is 10.2 Å². The zero-order valence-corrected chi connectivity index (χ0v) is 13.6. The first-order valence-corrected chi connectivity index (χ1v) is 8.41. The molecule has 0 aliphatic heterocycles. The second-order valence-corrected chi connectivity index (χ2v) is 7.16. The number of carbonyl (C=O) groups excluding carboxylic acids is 1. The lowest BCUT2D eigenvalue weighted by Crippen LogP contribution is -2.11. The number of thioether (sulfide) groups is 1. The third kappa shape index (κ3) is 3.25. The van der Waals surface area contributed by atoms with E-state index in [1.165, 1.54) is 11.3 Å². The van der Waals surface area contributed by atoms with Crippen molar-refractivity contribution in [1.29, 1.82) is 0 Å². The lowest BCUT2D eigenvalue weighted by Gasteiger charge is -1.99. The van der Waals surface area contributed by atoms with E-state index in [1.54, 1.807) is 30.1 Å². The van der Waals surface area contributed by atoms with Crippen LogP contribution in [0, 0.1) is 5.92 Å². The number of nitrogens with zero attached hydrogens (tertiary/aromatic N) is 4. The Balaban J connectivity index is 1.72. The predicted molar refractivity (Wildman–Crippen MR) is 85.2 cm³/mol. The van der Waals surface area contributed by atoms with Crippen LogP contribution in [0.15, 0.2) is 27.2 Å². The Hall–Kier alpha value is -2.00. The lowest BCUT2D eigenvalue weighted by atomic mass is 10.2. The van der Waals surface area contributed by atoms with Crippen LogP contribution in [0.1, 0.15) is 24.4 Å². The molecule has 9 heteroatoms. The number of nitrogens with one attached hydrogen (secondary N) is 1. The van der Waals surface area contributed by atoms with Gasteiger partial charge in [0.25, 0.3) is 5.91 Å². The number of aromatic nitrogens is 4. The van der Waals surface area contributed by atoms with E-state index >= 15 is 0 Å². The Bertz CT molecular complexity index is 798. The topological polar surface area (TPSA) is 93.8 Å². The normalized spacial score (nSPS) is 11.2. The number of amides is 1. The number of anilines is 1. The predicted octanol–water partition coefficient (Wildman–Crippen LogP) is 3.07. The van der Waals surface area contributed by atoms with E-state index in [0.29, 0.717) is 22.1 Å². The summed E-state index contributed by atoms with van der Waals surface area (Å²) in [4.78, 5) is 16.2. The quantitative estimate of drug-likeness (QED) is 0.565. The summed E-state index contributed by atoms with van der Waals surface area (Å²) in [7, 11) is 0. The van der Waals surface area contributed by atoms with Gasteiger partial charge in [-0.05, 0) is 18.1 Å². The molecule has 0 fully saturated rings. The van der Waals surface area contributed by atoms with Gasteiger partial charge in [0.1, 0.15) is 0 Å². The molecule has 0 unspecified atom stereocenters. The molecule has 0 aromatic carbocycles. The van der Waals surface area contributed by atoms with E-state index in [0.717, 1.165) is 10.1 Å². The largest absolute Gasteiger partial charge is 0.348 e. The van der Waals surface area contributed by atoms with Crippen LogP contribution in [-0.4, -0.2) is 32.0 Å². The van der Waals surface area contributed by atoms with Gasteiger partial charge in [-0.25, -0.2) is 4.98 Å². The number of fused-ring (bicyclic) bond motifs is 1. The summed E-state index contributed by atoms with van der Waals surface area (Å²) in [5.74, 6) is 1.24. The minimum Gasteiger partial charge on any atom is -0.348 e. The molecular formula is C13H13N5O2S2. The number of rotatable bonds is 5. The van der Waals surface area contributed by atoms with Crippen molar-refractivity contribution in [3.8, 4) is 0 Å². The Morgan fingerprint density at radius 2 is 2.32 bits per heavy atom. The van der Waals surface area contributed by atoms with Crippen molar-refractivity contribution in [2.75, 3.05) is 11.1 Å². The second-order valence-electron chi connectivity index (χ2n) is 4.92. The van der Waals surface area contributed by atoms with Crippen molar-refractivity contribution in [1.82, 2.24) is 20.3 Å². The Morgan fingerprint density at radius 1 is 1.45 bits per heavy atom. The zero-order chi connectivity index (χ0) is 15.5. The number of pyridine rings is 1. The molecule has 3 rings (SSSR count). The van der Waals surface area contributed by atoms with E-state index in [4.69, 9.17) is 4.52 Å². The highest BCUT2D eigenvalue weighted by atomic mass is 32.2. The molecule has 1 N–H and O–H groups in total. The van der Waals surface area contributed by atoms with E-state index in [1.807, 2.05) is 0 Å². The fraction of sp³-hybridized carbons (Fsp3) is 0.308. The molecule has 0 saturated heterocycles. The smallest absolute Gasteiger partial charge is 0.296 e. The Kier molecular flexibility index (Phi) is 4.34. The summed E-state index contributed by atoms with van der Waals surface area (Å²) in [6.07, 6.45) is 1.59. The average Bonchev–Trinajstić information content (AvgIpc) is 3.11. The van der Waals surface area contributed by atoms with Gasteiger partial charge in [-0.1, -0.05) is 42.1 Å². The van der Waals surface area contributed by atoms with Gasteiger partial charge < -0.3 is 4.52 Å². The van der Waals surface area contributed by atoms with Crippen molar-refractivity contribution in [3.05, 3.63) is 24.1 Å². The van der Waals surface area contributed by atoms with Crippen LogP contribution in [0.2, 0.25) is 0 Å². The van der Waals surface area contributed by atoms with Gasteiger partial charge >= 0.3 is 0 Å². The molecular weight excluding hydrogens is 322 g/mol. The first-order chi connectivity index (χ1) is 10.6. The van der Waals surface area contributed by atoms with Gasteiger partial charge in [-0.2, -0.15) is 0 Å². The molecule has 1 amide bonds. The van der Waals surface area contributed by atoms with Crippen molar-refractivity contribution in [2.45, 2.75) is 18.2 Å². The van der Waals surface area contributed by atoms with Crippen LogP contribution in [0.4, 0.5) is 5.13 Å². The molecule has 0 bridgehead atoms. The molecule has 3 heterocycles. The Morgan fingerprint density at radius 3 is 3.14 bits per heavy atom. The molecule has 3 aromatic heterocycles. The minimum absolute atomic E-state index is 0.120. The van der Waals surface area contributed by atoms with Crippen molar-refractivity contribution in [2.24, 2.45) is 5.92 Å². The number of carbonyl (C=O) groups is 1. The summed E-state index contributed by atoms with van der Waals surface area (Å²) >= 11 is 2.96. The van der Waals surface area contributed by atoms with Gasteiger partial charge in [0.05, 0.1) is 5.39 Å². The summed E-state index contributed by atoms with van der Waals surface area (Å²) < 4.78 is 5.89. The van der Waals surface area contributed by atoms with Crippen molar-refractivity contribution >= 4 is 45.2 Å². The number of hydrogen-bond donors (Lipinski definition) is 1. The number of hydrogen-bond acceptors (Lipinski definition) is 8. The summed E-state index contributed by atoms with van der Waals surface area (Å²) in [6.45, 7) is 4.28. The molecule has 0 spiro atoms. The van der Waals surface area contributed by atoms with Crippen LogP contribution in [0.3, 0.4) is 0 Å². The maximum absolute atomic E-state index is 12.2. The fourth-order valence-electron chi connectivity index (χ4n) is 1.66. The molecule has 22 heavy (non-hydrogen) atoms. The van der Waals surface area contributed by atoms with Crippen LogP contribution in [0.25, 0.3) is 11.0 Å². The zero-order valence-electron chi connectivity index (χ0n) is 11.9. The van der Waals surface area contributed by atoms with E-state index < -0.39 is 5.91 Å². The molecule has 114 valence electrons. The molecule has 7 nitrogen and oxygen atoms in total. The standard InChI is InChI=1S/C13H13N5O2S2/c1-7(2)6-21-13-17-16-12(22-13)15-11(19)9-8-4-3-5-14-10(8)18-20-9/h3-5,7H,6H2,1-2H3,(H,15,16,19). The average molecular weight is 335 g/mol. The molecule has 0 aliphatic carbocycles. The van der Waals surface area contributed by atoms with Crippen LogP contribution in [-0.2, 0) is 0 Å². The SMILES string of the molecule is CC(C)CSc1nnc(NC(=O)c2onc3ncccc23)s1. The molecule has 0 atom stereocenters. The highest BCUT2D eigenvalue weighted by Gasteiger charge is 2.18. The maximum Gasteiger partial charge on any atom is 0.296 e. The van der Waals surface area contributed by atoms with E-state index in [2.05, 4.69) is 39.5 Å². The molecule has 0 radical (unpaired) electrons. The first-order valence-electron chi connectivity index (χ1n) is 6.61. The van der Waals surface area contributed by atoms with Gasteiger partial charge in [0, 0.05) is 11.9 Å². The highest BCUT2D eigenvalue weighted by molar-refractivity contribution is 8.01. The fourth-order valence-corrected chi connectivity index (χ4v) is 3.38. The van der Waals surface area contributed by atoms with Gasteiger partial charge in [0.15, 0.2) is 4.34 Å². The first kappa shape index (κ1) is 14.9. The summed E-state index contributed by atoms with van der Waals surface area (Å²) in [6, 6.07) is 3.46. The van der Waals surface area contributed by atoms with E-state index in [9.17, 15) is 4.79 Å². The van der Waals surface area contributed by atoms with Crippen LogP contribution < -0.4 is 5.32 Å². The Labute approximate surface area is 134 Å². The van der Waals surface area contributed by atoms with E-state index in [-0.39, 0.29) is 5.76 Å². The summed E-state index contributed by atoms with van der Waals surface area (Å²) in [5.41, 5.74) is 0.401. The van der Waals surface area contributed by atoms with Crippen molar-refractivity contribution in [3.63, 3.8) is 0 Å². The van der Waals surface area contributed by atoms with Crippen molar-refractivity contribution < 1.29 is 9.32 Å².